The smallest absolute Gasteiger partial charge is 0.237 e. The van der Waals surface area contributed by atoms with Gasteiger partial charge >= 0.3 is 0 Å². The molecule has 2 N–H and O–H groups in total. The highest BCUT2D eigenvalue weighted by molar-refractivity contribution is 8.00. The van der Waals surface area contributed by atoms with Crippen LogP contribution in [0, 0.1) is 0 Å². The molecule has 174 valence electrons. The van der Waals surface area contributed by atoms with E-state index < -0.39 is 0 Å². The third-order valence-electron chi connectivity index (χ3n) is 4.92. The molecular weight excluding hydrogens is 438 g/mol. The van der Waals surface area contributed by atoms with Crippen molar-refractivity contribution < 1.29 is 14.3 Å². The van der Waals surface area contributed by atoms with Gasteiger partial charge in [-0.2, -0.15) is 0 Å². The van der Waals surface area contributed by atoms with Crippen LogP contribution in [-0.2, 0) is 16.1 Å². The molecule has 1 aromatic heterocycles. The summed E-state index contributed by atoms with van der Waals surface area (Å²) in [4.78, 5) is 23.9. The van der Waals surface area contributed by atoms with Crippen LogP contribution >= 0.6 is 11.8 Å². The number of nitrogens with one attached hydrogen (secondary N) is 2. The van der Waals surface area contributed by atoms with E-state index in [-0.39, 0.29) is 17.1 Å². The van der Waals surface area contributed by atoms with E-state index >= 15 is 0 Å². The van der Waals surface area contributed by atoms with Gasteiger partial charge in [-0.25, -0.2) is 0 Å². The lowest BCUT2D eigenvalue weighted by Gasteiger charge is -2.14. The highest BCUT2D eigenvalue weighted by Gasteiger charge is 2.21. The molecule has 0 aliphatic heterocycles. The normalized spacial score (nSPS) is 11.6. The van der Waals surface area contributed by atoms with Gasteiger partial charge in [0.05, 0.1) is 12.4 Å². The van der Waals surface area contributed by atoms with E-state index in [2.05, 4.69) is 32.3 Å². The molecular formula is C24H29N5O3S. The number of amides is 2. The van der Waals surface area contributed by atoms with Gasteiger partial charge < -0.3 is 19.9 Å². The Balaban J connectivity index is 1.72. The molecule has 0 bridgehead atoms. The van der Waals surface area contributed by atoms with E-state index in [1.807, 2.05) is 31.2 Å². The molecule has 0 aliphatic carbocycles. The van der Waals surface area contributed by atoms with Crippen molar-refractivity contribution in [3.63, 3.8) is 0 Å². The van der Waals surface area contributed by atoms with Crippen molar-refractivity contribution in [3.8, 4) is 17.1 Å². The molecule has 3 rings (SSSR count). The molecule has 3 aromatic rings. The zero-order valence-corrected chi connectivity index (χ0v) is 20.1. The number of nitrogens with zero attached hydrogens (tertiary/aromatic N) is 3. The van der Waals surface area contributed by atoms with Gasteiger partial charge in [-0.15, -0.1) is 10.2 Å². The first kappa shape index (κ1) is 24.3. The maximum atomic E-state index is 12.8. The summed E-state index contributed by atoms with van der Waals surface area (Å²) in [6, 6.07) is 14.7. The second-order valence-electron chi connectivity index (χ2n) is 7.55. The van der Waals surface area contributed by atoms with Crippen LogP contribution in [0.25, 0.3) is 11.4 Å². The predicted octanol–water partition coefficient (Wildman–Crippen LogP) is 4.83. The van der Waals surface area contributed by atoms with E-state index in [0.717, 1.165) is 36.5 Å². The SMILES string of the molecule is CCCCn1c(SC(C)C(=O)Nc2ccc(NC(C)=O)cc2)nnc1-c1ccc(OC)cc1. The Morgan fingerprint density at radius 2 is 1.67 bits per heavy atom. The van der Waals surface area contributed by atoms with Crippen LogP contribution in [0.4, 0.5) is 11.4 Å². The van der Waals surface area contributed by atoms with E-state index in [9.17, 15) is 9.59 Å². The summed E-state index contributed by atoms with van der Waals surface area (Å²) in [6.07, 6.45) is 2.02. The molecule has 2 amide bonds. The minimum absolute atomic E-state index is 0.136. The number of benzene rings is 2. The Morgan fingerprint density at radius 1 is 1.03 bits per heavy atom. The molecule has 0 aliphatic rings. The van der Waals surface area contributed by atoms with Gasteiger partial charge in [-0.3, -0.25) is 9.59 Å². The maximum absolute atomic E-state index is 12.8. The first-order chi connectivity index (χ1) is 15.9. The quantitative estimate of drug-likeness (QED) is 0.415. The molecule has 9 heteroatoms. The highest BCUT2D eigenvalue weighted by Crippen LogP contribution is 2.29. The lowest BCUT2D eigenvalue weighted by molar-refractivity contribution is -0.115. The number of unbranched alkanes of at least 4 members (excludes halogenated alkanes) is 1. The molecule has 1 heterocycles. The van der Waals surface area contributed by atoms with Crippen LogP contribution in [0.3, 0.4) is 0 Å². The number of hydrogen-bond acceptors (Lipinski definition) is 6. The average Bonchev–Trinajstić information content (AvgIpc) is 3.20. The second-order valence-corrected chi connectivity index (χ2v) is 8.86. The molecule has 2 aromatic carbocycles. The van der Waals surface area contributed by atoms with Gasteiger partial charge in [0, 0.05) is 30.4 Å². The summed E-state index contributed by atoms with van der Waals surface area (Å²) >= 11 is 1.38. The zero-order valence-electron chi connectivity index (χ0n) is 19.3. The Kier molecular flexibility index (Phi) is 8.48. The fourth-order valence-electron chi connectivity index (χ4n) is 3.14. The number of carbonyl (C=O) groups is 2. The number of ether oxygens (including phenoxy) is 1. The largest absolute Gasteiger partial charge is 0.497 e. The third-order valence-corrected chi connectivity index (χ3v) is 6.01. The standard InChI is InChI=1S/C24H29N5O3S/c1-5-6-15-29-22(18-7-13-21(32-4)14-8-18)27-28-24(29)33-16(2)23(31)26-20-11-9-19(10-12-20)25-17(3)30/h7-14,16H,5-6,15H2,1-4H3,(H,25,30)(H,26,31). The van der Waals surface area contributed by atoms with Crippen molar-refractivity contribution in [2.45, 2.75) is 50.6 Å². The van der Waals surface area contributed by atoms with E-state index in [4.69, 9.17) is 4.74 Å². The molecule has 8 nitrogen and oxygen atoms in total. The van der Waals surface area contributed by atoms with Gasteiger partial charge in [-0.1, -0.05) is 25.1 Å². The number of methoxy groups -OCH3 is 1. The Morgan fingerprint density at radius 3 is 2.24 bits per heavy atom. The third kappa shape index (κ3) is 6.58. The predicted molar refractivity (Wildman–Crippen MR) is 132 cm³/mol. The van der Waals surface area contributed by atoms with Crippen molar-refractivity contribution >= 4 is 35.0 Å². The van der Waals surface area contributed by atoms with Crippen LogP contribution in [0.2, 0.25) is 0 Å². The van der Waals surface area contributed by atoms with Crippen molar-refractivity contribution in [1.82, 2.24) is 14.8 Å². The van der Waals surface area contributed by atoms with Crippen molar-refractivity contribution in [1.29, 1.82) is 0 Å². The summed E-state index contributed by atoms with van der Waals surface area (Å²) in [6.45, 7) is 6.20. The minimum Gasteiger partial charge on any atom is -0.497 e. The molecule has 33 heavy (non-hydrogen) atoms. The number of thioether (sulfide) groups is 1. The molecule has 0 spiro atoms. The number of aromatic nitrogens is 3. The molecule has 1 atom stereocenters. The van der Waals surface area contributed by atoms with Crippen LogP contribution in [0.5, 0.6) is 5.75 Å². The first-order valence-electron chi connectivity index (χ1n) is 10.8. The molecule has 0 saturated carbocycles. The lowest BCUT2D eigenvalue weighted by atomic mass is 10.2. The second kappa shape index (κ2) is 11.5. The van der Waals surface area contributed by atoms with Crippen molar-refractivity contribution in [3.05, 3.63) is 48.5 Å². The molecule has 0 saturated heterocycles. The maximum Gasteiger partial charge on any atom is 0.237 e. The van der Waals surface area contributed by atoms with Crippen LogP contribution in [0.15, 0.2) is 53.7 Å². The van der Waals surface area contributed by atoms with Gasteiger partial charge in [0.25, 0.3) is 0 Å². The zero-order chi connectivity index (χ0) is 23.8. The topological polar surface area (TPSA) is 98.1 Å². The number of rotatable bonds is 10. The number of anilines is 2. The molecule has 0 fully saturated rings. The fraction of sp³-hybridized carbons (Fsp3) is 0.333. The summed E-state index contributed by atoms with van der Waals surface area (Å²) in [7, 11) is 1.64. The van der Waals surface area contributed by atoms with Crippen LogP contribution < -0.4 is 15.4 Å². The van der Waals surface area contributed by atoms with E-state index in [1.165, 1.54) is 18.7 Å². The Labute approximate surface area is 198 Å². The van der Waals surface area contributed by atoms with Gasteiger partial charge in [0.1, 0.15) is 5.75 Å². The summed E-state index contributed by atoms with van der Waals surface area (Å²) in [5.41, 5.74) is 2.29. The van der Waals surface area contributed by atoms with Crippen LogP contribution in [0.1, 0.15) is 33.6 Å². The monoisotopic (exact) mass is 467 g/mol. The fourth-order valence-corrected chi connectivity index (χ4v) is 4.02. The summed E-state index contributed by atoms with van der Waals surface area (Å²) in [5, 5.41) is 14.7. The lowest BCUT2D eigenvalue weighted by Crippen LogP contribution is -2.23. The Hall–Kier alpha value is -3.33. The first-order valence-corrected chi connectivity index (χ1v) is 11.7. The Bertz CT molecular complexity index is 1080. The van der Waals surface area contributed by atoms with Gasteiger partial charge in [-0.05, 0) is 61.9 Å². The molecule has 0 radical (unpaired) electrons. The molecule has 1 unspecified atom stereocenters. The number of carbonyl (C=O) groups excluding carboxylic acids is 2. The minimum atomic E-state index is -0.381. The van der Waals surface area contributed by atoms with E-state index in [1.54, 1.807) is 31.4 Å². The summed E-state index contributed by atoms with van der Waals surface area (Å²) < 4.78 is 7.32. The number of hydrogen-bond donors (Lipinski definition) is 2. The van der Waals surface area contributed by atoms with Crippen molar-refractivity contribution in [2.75, 3.05) is 17.7 Å². The van der Waals surface area contributed by atoms with Crippen LogP contribution in [-0.4, -0.2) is 38.9 Å². The van der Waals surface area contributed by atoms with E-state index in [0.29, 0.717) is 16.5 Å². The van der Waals surface area contributed by atoms with Crippen molar-refractivity contribution in [2.24, 2.45) is 0 Å². The average molecular weight is 468 g/mol. The summed E-state index contributed by atoms with van der Waals surface area (Å²) in [5.74, 6) is 1.28. The van der Waals surface area contributed by atoms with Gasteiger partial charge in [0.2, 0.25) is 11.8 Å². The highest BCUT2D eigenvalue weighted by atomic mass is 32.2. The van der Waals surface area contributed by atoms with Gasteiger partial charge in [0.15, 0.2) is 11.0 Å².